The fourth-order valence-corrected chi connectivity index (χ4v) is 1.92. The summed E-state index contributed by atoms with van der Waals surface area (Å²) in [6.45, 7) is 2.62. The van der Waals surface area contributed by atoms with Crippen molar-refractivity contribution >= 4 is 11.8 Å². The maximum absolute atomic E-state index is 11.2. The van der Waals surface area contributed by atoms with Gasteiger partial charge in [0.2, 0.25) is 11.8 Å². The van der Waals surface area contributed by atoms with Gasteiger partial charge in [-0.1, -0.05) is 6.92 Å². The third-order valence-corrected chi connectivity index (χ3v) is 2.88. The van der Waals surface area contributed by atoms with Gasteiger partial charge in [-0.05, 0) is 12.8 Å². The number of rotatable bonds is 4. The highest BCUT2D eigenvalue weighted by atomic mass is 16.6. The maximum atomic E-state index is 11.2. The van der Waals surface area contributed by atoms with E-state index in [1.165, 1.54) is 4.90 Å². The SMILES string of the molecule is CCC1OC1CCN1C(=O)CCC1=O. The van der Waals surface area contributed by atoms with E-state index in [9.17, 15) is 9.59 Å². The third kappa shape index (κ3) is 1.80. The van der Waals surface area contributed by atoms with Crippen molar-refractivity contribution in [1.82, 2.24) is 4.90 Å². The van der Waals surface area contributed by atoms with Crippen molar-refractivity contribution in [2.24, 2.45) is 0 Å². The van der Waals surface area contributed by atoms with Gasteiger partial charge in [-0.2, -0.15) is 0 Å². The zero-order valence-electron chi connectivity index (χ0n) is 8.36. The van der Waals surface area contributed by atoms with Gasteiger partial charge in [-0.15, -0.1) is 0 Å². The number of ether oxygens (including phenoxy) is 1. The van der Waals surface area contributed by atoms with Gasteiger partial charge in [0.25, 0.3) is 0 Å². The third-order valence-electron chi connectivity index (χ3n) is 2.88. The molecule has 2 rings (SSSR count). The number of hydrogen-bond donors (Lipinski definition) is 0. The molecular formula is C10H15NO3. The summed E-state index contributed by atoms with van der Waals surface area (Å²) >= 11 is 0. The smallest absolute Gasteiger partial charge is 0.229 e. The van der Waals surface area contributed by atoms with Crippen molar-refractivity contribution in [3.05, 3.63) is 0 Å². The van der Waals surface area contributed by atoms with Crippen LogP contribution < -0.4 is 0 Å². The summed E-state index contributed by atoms with van der Waals surface area (Å²) in [6, 6.07) is 0. The zero-order chi connectivity index (χ0) is 10.1. The summed E-state index contributed by atoms with van der Waals surface area (Å²) in [7, 11) is 0. The molecule has 78 valence electrons. The molecule has 0 aromatic heterocycles. The van der Waals surface area contributed by atoms with E-state index < -0.39 is 0 Å². The summed E-state index contributed by atoms with van der Waals surface area (Å²) in [5.74, 6) is -0.0487. The highest BCUT2D eigenvalue weighted by molar-refractivity contribution is 6.01. The summed E-state index contributed by atoms with van der Waals surface area (Å²) < 4.78 is 5.35. The molecular weight excluding hydrogens is 182 g/mol. The minimum atomic E-state index is -0.0244. The van der Waals surface area contributed by atoms with Crippen LogP contribution in [0.5, 0.6) is 0 Å². The Labute approximate surface area is 83.2 Å². The monoisotopic (exact) mass is 197 g/mol. The first-order chi connectivity index (χ1) is 6.72. The van der Waals surface area contributed by atoms with E-state index in [-0.39, 0.29) is 17.9 Å². The summed E-state index contributed by atoms with van der Waals surface area (Å²) in [4.78, 5) is 23.8. The Morgan fingerprint density at radius 2 is 1.93 bits per heavy atom. The van der Waals surface area contributed by atoms with Gasteiger partial charge in [0, 0.05) is 19.4 Å². The fourth-order valence-electron chi connectivity index (χ4n) is 1.92. The Morgan fingerprint density at radius 3 is 2.43 bits per heavy atom. The number of carbonyl (C=O) groups excluding carboxylic acids is 2. The lowest BCUT2D eigenvalue weighted by Gasteiger charge is -2.11. The predicted molar refractivity (Wildman–Crippen MR) is 49.5 cm³/mol. The van der Waals surface area contributed by atoms with Gasteiger partial charge in [0.1, 0.15) is 0 Å². The van der Waals surface area contributed by atoms with Crippen molar-refractivity contribution in [3.8, 4) is 0 Å². The first kappa shape index (κ1) is 9.65. The normalized spacial score (nSPS) is 31.4. The van der Waals surface area contributed by atoms with Crippen molar-refractivity contribution in [2.75, 3.05) is 6.54 Å². The molecule has 2 aliphatic rings. The van der Waals surface area contributed by atoms with E-state index in [2.05, 4.69) is 6.92 Å². The zero-order valence-corrected chi connectivity index (χ0v) is 8.36. The predicted octanol–water partition coefficient (Wildman–Crippen LogP) is 0.703. The number of likely N-dealkylation sites (tertiary alicyclic amines) is 1. The molecule has 0 aromatic carbocycles. The van der Waals surface area contributed by atoms with Crippen LogP contribution in [0.1, 0.15) is 32.6 Å². The number of hydrogen-bond acceptors (Lipinski definition) is 3. The molecule has 14 heavy (non-hydrogen) atoms. The highest BCUT2D eigenvalue weighted by Crippen LogP contribution is 2.28. The highest BCUT2D eigenvalue weighted by Gasteiger charge is 2.38. The van der Waals surface area contributed by atoms with Crippen molar-refractivity contribution in [1.29, 1.82) is 0 Å². The molecule has 4 nitrogen and oxygen atoms in total. The van der Waals surface area contributed by atoms with Gasteiger partial charge < -0.3 is 4.74 Å². The van der Waals surface area contributed by atoms with Crippen LogP contribution in [0.25, 0.3) is 0 Å². The molecule has 0 aromatic rings. The molecule has 0 radical (unpaired) electrons. The van der Waals surface area contributed by atoms with Crippen molar-refractivity contribution in [3.63, 3.8) is 0 Å². The average Bonchev–Trinajstić information content (AvgIpc) is 2.87. The molecule has 2 unspecified atom stereocenters. The molecule has 4 heteroatoms. The number of imide groups is 1. The lowest BCUT2D eigenvalue weighted by Crippen LogP contribution is -2.30. The Hall–Kier alpha value is -0.900. The van der Waals surface area contributed by atoms with E-state index in [4.69, 9.17) is 4.74 Å². The van der Waals surface area contributed by atoms with Crippen molar-refractivity contribution < 1.29 is 14.3 Å². The van der Waals surface area contributed by atoms with E-state index in [1.807, 2.05) is 0 Å². The molecule has 2 atom stereocenters. The second kappa shape index (κ2) is 3.69. The van der Waals surface area contributed by atoms with Crippen molar-refractivity contribution in [2.45, 2.75) is 44.8 Å². The number of epoxide rings is 1. The lowest BCUT2D eigenvalue weighted by atomic mass is 10.2. The minimum Gasteiger partial charge on any atom is -0.370 e. The molecule has 2 heterocycles. The molecule has 0 bridgehead atoms. The Bertz CT molecular complexity index is 248. The van der Waals surface area contributed by atoms with Crippen LogP contribution in [0.4, 0.5) is 0 Å². The molecule has 0 spiro atoms. The standard InChI is InChI=1S/C10H15NO3/c1-2-7-8(14-7)5-6-11-9(12)3-4-10(11)13/h7-8H,2-6H2,1H3. The van der Waals surface area contributed by atoms with Crippen LogP contribution >= 0.6 is 0 Å². The largest absolute Gasteiger partial charge is 0.370 e. The Kier molecular flexibility index (Phi) is 2.54. The van der Waals surface area contributed by atoms with Gasteiger partial charge in [0.05, 0.1) is 12.2 Å². The number of carbonyl (C=O) groups is 2. The van der Waals surface area contributed by atoms with Crippen LogP contribution in [-0.2, 0) is 14.3 Å². The van der Waals surface area contributed by atoms with Crippen LogP contribution in [0.15, 0.2) is 0 Å². The summed E-state index contributed by atoms with van der Waals surface area (Å²) in [5.41, 5.74) is 0. The summed E-state index contributed by atoms with van der Waals surface area (Å²) in [6.07, 6.45) is 3.25. The van der Waals surface area contributed by atoms with Crippen LogP contribution in [0.2, 0.25) is 0 Å². The van der Waals surface area contributed by atoms with Gasteiger partial charge in [0.15, 0.2) is 0 Å². The van der Waals surface area contributed by atoms with E-state index >= 15 is 0 Å². The van der Waals surface area contributed by atoms with Crippen LogP contribution in [-0.4, -0.2) is 35.5 Å². The number of amides is 2. The molecule has 2 amide bonds. The Morgan fingerprint density at radius 1 is 1.29 bits per heavy atom. The topological polar surface area (TPSA) is 49.9 Å². The molecule has 0 N–H and O–H groups in total. The molecule has 0 saturated carbocycles. The lowest BCUT2D eigenvalue weighted by molar-refractivity contribution is -0.138. The van der Waals surface area contributed by atoms with Gasteiger partial charge in [-0.25, -0.2) is 0 Å². The molecule has 2 saturated heterocycles. The minimum absolute atomic E-state index is 0.0244. The first-order valence-electron chi connectivity index (χ1n) is 5.21. The quantitative estimate of drug-likeness (QED) is 0.492. The fraction of sp³-hybridized carbons (Fsp3) is 0.800. The maximum Gasteiger partial charge on any atom is 0.229 e. The molecule has 2 aliphatic heterocycles. The second-order valence-corrected chi connectivity index (χ2v) is 3.85. The van der Waals surface area contributed by atoms with E-state index in [0.29, 0.717) is 25.5 Å². The van der Waals surface area contributed by atoms with E-state index in [1.54, 1.807) is 0 Å². The van der Waals surface area contributed by atoms with Gasteiger partial charge in [-0.3, -0.25) is 14.5 Å². The Balaban J connectivity index is 1.75. The van der Waals surface area contributed by atoms with Crippen LogP contribution in [0, 0.1) is 0 Å². The van der Waals surface area contributed by atoms with Crippen LogP contribution in [0.3, 0.4) is 0 Å². The average molecular weight is 197 g/mol. The number of nitrogens with zero attached hydrogens (tertiary/aromatic N) is 1. The molecule has 0 aliphatic carbocycles. The van der Waals surface area contributed by atoms with E-state index in [0.717, 1.165) is 12.8 Å². The van der Waals surface area contributed by atoms with Gasteiger partial charge >= 0.3 is 0 Å². The summed E-state index contributed by atoms with van der Waals surface area (Å²) in [5, 5.41) is 0. The molecule has 2 fully saturated rings. The first-order valence-corrected chi connectivity index (χ1v) is 5.21. The second-order valence-electron chi connectivity index (χ2n) is 3.85.